The molecule has 9 heteroatoms. The van der Waals surface area contributed by atoms with Crippen molar-refractivity contribution in [3.8, 4) is 5.75 Å². The van der Waals surface area contributed by atoms with Crippen molar-refractivity contribution in [3.05, 3.63) is 48.0 Å². The molecule has 0 radical (unpaired) electrons. The maximum atomic E-state index is 13.0. The van der Waals surface area contributed by atoms with E-state index in [0.717, 1.165) is 37.4 Å². The van der Waals surface area contributed by atoms with Crippen LogP contribution in [0.2, 0.25) is 0 Å². The van der Waals surface area contributed by atoms with Crippen LogP contribution in [-0.2, 0) is 21.4 Å². The van der Waals surface area contributed by atoms with E-state index in [9.17, 15) is 8.42 Å². The van der Waals surface area contributed by atoms with Crippen LogP contribution in [0.4, 0.5) is 11.4 Å². The number of nitrogens with one attached hydrogen (secondary N) is 1. The van der Waals surface area contributed by atoms with Gasteiger partial charge in [0, 0.05) is 38.9 Å². The molecule has 160 valence electrons. The van der Waals surface area contributed by atoms with Gasteiger partial charge in [0.15, 0.2) is 0 Å². The van der Waals surface area contributed by atoms with Crippen LogP contribution in [0.25, 0.3) is 0 Å². The Hall–Kier alpha value is -2.00. The number of halogens is 1. The Kier molecular flexibility index (Phi) is 8.15. The first-order valence-electron chi connectivity index (χ1n) is 9.16. The van der Waals surface area contributed by atoms with Crippen LogP contribution >= 0.6 is 12.4 Å². The fourth-order valence-electron chi connectivity index (χ4n) is 3.24. The van der Waals surface area contributed by atoms with Crippen LogP contribution in [-0.4, -0.2) is 60.8 Å². The number of piperazine rings is 1. The zero-order chi connectivity index (χ0) is 20.1. The summed E-state index contributed by atoms with van der Waals surface area (Å²) in [7, 11) is 1.51. The van der Waals surface area contributed by atoms with Crippen LogP contribution in [0.5, 0.6) is 5.75 Å². The van der Waals surface area contributed by atoms with Crippen molar-refractivity contribution in [3.63, 3.8) is 0 Å². The van der Waals surface area contributed by atoms with Gasteiger partial charge >= 0.3 is 0 Å². The number of methoxy groups -OCH3 is 2. The molecule has 1 heterocycles. The Morgan fingerprint density at radius 3 is 2.38 bits per heavy atom. The minimum atomic E-state index is -3.75. The fourth-order valence-corrected chi connectivity index (χ4v) is 4.36. The van der Waals surface area contributed by atoms with Gasteiger partial charge in [-0.1, -0.05) is 18.2 Å². The van der Waals surface area contributed by atoms with E-state index in [0.29, 0.717) is 18.0 Å². The van der Waals surface area contributed by atoms with Gasteiger partial charge in [0.1, 0.15) is 5.75 Å². The molecule has 0 bridgehead atoms. The molecular formula is C20H28ClN3O4S. The van der Waals surface area contributed by atoms with Crippen molar-refractivity contribution >= 4 is 33.8 Å². The topological polar surface area (TPSA) is 71.1 Å². The second kappa shape index (κ2) is 10.2. The van der Waals surface area contributed by atoms with Gasteiger partial charge in [-0.25, -0.2) is 8.42 Å². The smallest absolute Gasteiger partial charge is 0.261 e. The number of hydrogen-bond acceptors (Lipinski definition) is 6. The van der Waals surface area contributed by atoms with E-state index in [-0.39, 0.29) is 17.3 Å². The Labute approximate surface area is 179 Å². The minimum Gasteiger partial charge on any atom is -0.495 e. The van der Waals surface area contributed by atoms with Gasteiger partial charge in [-0.15, -0.1) is 12.4 Å². The summed E-state index contributed by atoms with van der Waals surface area (Å²) in [5.74, 6) is 0.670. The molecule has 1 aliphatic rings. The third kappa shape index (κ3) is 5.54. The van der Waals surface area contributed by atoms with Gasteiger partial charge in [0.25, 0.3) is 10.0 Å². The molecule has 7 nitrogen and oxygen atoms in total. The lowest BCUT2D eigenvalue weighted by Crippen LogP contribution is -2.44. The number of ether oxygens (including phenoxy) is 2. The predicted octanol–water partition coefficient (Wildman–Crippen LogP) is 2.82. The zero-order valence-corrected chi connectivity index (χ0v) is 18.6. The Morgan fingerprint density at radius 2 is 1.72 bits per heavy atom. The molecule has 0 amide bonds. The lowest BCUT2D eigenvalue weighted by molar-refractivity contribution is 0.185. The number of para-hydroxylation sites is 1. The summed E-state index contributed by atoms with van der Waals surface area (Å²) in [5, 5.41) is 0. The lowest BCUT2D eigenvalue weighted by Gasteiger charge is -2.34. The molecule has 0 atom stereocenters. The molecule has 1 fully saturated rings. The second-order valence-corrected chi connectivity index (χ2v) is 8.50. The number of sulfonamides is 1. The van der Waals surface area contributed by atoms with Crippen molar-refractivity contribution < 1.29 is 17.9 Å². The molecule has 2 aromatic carbocycles. The minimum absolute atomic E-state index is 0. The molecule has 0 spiro atoms. The summed E-state index contributed by atoms with van der Waals surface area (Å²) in [6.45, 7) is 3.81. The Morgan fingerprint density at radius 1 is 1.03 bits per heavy atom. The molecule has 0 aromatic heterocycles. The third-order valence-corrected chi connectivity index (χ3v) is 6.23. The fraction of sp³-hybridized carbons (Fsp3) is 0.400. The molecule has 0 unspecified atom stereocenters. The largest absolute Gasteiger partial charge is 0.495 e. The standard InChI is InChI=1S/C20H27N3O4S.ClH/c1-22-10-12-23(13-11-22)19-14-17(8-9-20(19)27-3)28(24,25)21-18-7-5-4-6-16(18)15-26-2;/h4-9,14,21H,10-13,15H2,1-3H3;1H. The normalized spacial score (nSPS) is 14.9. The van der Waals surface area contributed by atoms with E-state index in [2.05, 4.69) is 21.6 Å². The average molecular weight is 442 g/mol. The van der Waals surface area contributed by atoms with Crippen LogP contribution in [0.15, 0.2) is 47.4 Å². The van der Waals surface area contributed by atoms with E-state index in [4.69, 9.17) is 9.47 Å². The van der Waals surface area contributed by atoms with E-state index in [1.807, 2.05) is 12.1 Å². The van der Waals surface area contributed by atoms with Crippen molar-refractivity contribution in [2.75, 3.05) is 57.1 Å². The summed E-state index contributed by atoms with van der Waals surface area (Å²) in [4.78, 5) is 4.61. The van der Waals surface area contributed by atoms with Crippen LogP contribution in [0.1, 0.15) is 5.56 Å². The summed E-state index contributed by atoms with van der Waals surface area (Å²) in [6, 6.07) is 12.2. The van der Waals surface area contributed by atoms with Crippen molar-refractivity contribution in [1.29, 1.82) is 0 Å². The van der Waals surface area contributed by atoms with Crippen LogP contribution in [0, 0.1) is 0 Å². The summed E-state index contributed by atoms with van der Waals surface area (Å²) < 4.78 is 39.4. The average Bonchev–Trinajstić information content (AvgIpc) is 2.69. The quantitative estimate of drug-likeness (QED) is 0.712. The number of likely N-dealkylation sites (N-methyl/N-ethyl adjacent to an activating group) is 1. The number of anilines is 2. The van der Waals surface area contributed by atoms with Crippen LogP contribution in [0.3, 0.4) is 0 Å². The summed E-state index contributed by atoms with van der Waals surface area (Å²) in [5.41, 5.74) is 2.09. The van der Waals surface area contributed by atoms with Crippen LogP contribution < -0.4 is 14.4 Å². The van der Waals surface area contributed by atoms with Crippen molar-refractivity contribution in [1.82, 2.24) is 4.90 Å². The first-order chi connectivity index (χ1) is 13.4. The predicted molar refractivity (Wildman–Crippen MR) is 118 cm³/mol. The van der Waals surface area contributed by atoms with E-state index in [1.54, 1.807) is 44.6 Å². The van der Waals surface area contributed by atoms with Crippen molar-refractivity contribution in [2.24, 2.45) is 0 Å². The van der Waals surface area contributed by atoms with Gasteiger partial charge in [0.05, 0.1) is 30.0 Å². The summed E-state index contributed by atoms with van der Waals surface area (Å²) in [6.07, 6.45) is 0. The van der Waals surface area contributed by atoms with E-state index >= 15 is 0 Å². The van der Waals surface area contributed by atoms with Gasteiger partial charge in [-0.05, 0) is 31.3 Å². The molecule has 0 aliphatic carbocycles. The molecule has 1 N–H and O–H groups in total. The van der Waals surface area contributed by atoms with Gasteiger partial charge in [-0.2, -0.15) is 0 Å². The SMILES string of the molecule is COCc1ccccc1NS(=O)(=O)c1ccc(OC)c(N2CCN(C)CC2)c1.Cl. The number of nitrogens with zero attached hydrogens (tertiary/aromatic N) is 2. The Bertz CT molecular complexity index is 916. The van der Waals surface area contributed by atoms with Gasteiger partial charge < -0.3 is 19.3 Å². The Balaban J connectivity index is 0.00000300. The highest BCUT2D eigenvalue weighted by molar-refractivity contribution is 7.92. The highest BCUT2D eigenvalue weighted by Crippen LogP contribution is 2.32. The van der Waals surface area contributed by atoms with E-state index < -0.39 is 10.0 Å². The monoisotopic (exact) mass is 441 g/mol. The number of hydrogen-bond donors (Lipinski definition) is 1. The molecule has 29 heavy (non-hydrogen) atoms. The molecule has 0 saturated carbocycles. The highest BCUT2D eigenvalue weighted by atomic mass is 35.5. The first kappa shape index (κ1) is 23.3. The maximum Gasteiger partial charge on any atom is 0.261 e. The third-order valence-electron chi connectivity index (χ3n) is 4.87. The molecule has 1 saturated heterocycles. The second-order valence-electron chi connectivity index (χ2n) is 6.82. The maximum absolute atomic E-state index is 13.0. The van der Waals surface area contributed by atoms with Gasteiger partial charge in [0.2, 0.25) is 0 Å². The van der Waals surface area contributed by atoms with Gasteiger partial charge in [-0.3, -0.25) is 4.72 Å². The molecule has 2 aromatic rings. The summed E-state index contributed by atoms with van der Waals surface area (Å²) >= 11 is 0. The highest BCUT2D eigenvalue weighted by Gasteiger charge is 2.22. The van der Waals surface area contributed by atoms with E-state index in [1.165, 1.54) is 0 Å². The van der Waals surface area contributed by atoms with Crippen molar-refractivity contribution in [2.45, 2.75) is 11.5 Å². The zero-order valence-electron chi connectivity index (χ0n) is 16.9. The number of rotatable bonds is 7. The molecule has 3 rings (SSSR count). The lowest BCUT2D eigenvalue weighted by atomic mass is 10.2. The number of benzene rings is 2. The molecule has 1 aliphatic heterocycles. The first-order valence-corrected chi connectivity index (χ1v) is 10.6. The molecular weight excluding hydrogens is 414 g/mol.